The number of methoxy groups -OCH3 is 1. The highest BCUT2D eigenvalue weighted by molar-refractivity contribution is 5.97. The summed E-state index contributed by atoms with van der Waals surface area (Å²) in [6.07, 6.45) is 2.48. The van der Waals surface area contributed by atoms with E-state index in [1.54, 1.807) is 25.5 Å². The van der Waals surface area contributed by atoms with Crippen molar-refractivity contribution in [2.45, 2.75) is 13.0 Å². The van der Waals surface area contributed by atoms with Crippen molar-refractivity contribution < 1.29 is 14.4 Å². The fraction of sp³-hybridized carbons (Fsp3) is 0.267. The van der Waals surface area contributed by atoms with E-state index in [-0.39, 0.29) is 5.84 Å². The maximum absolute atomic E-state index is 8.73. The summed E-state index contributed by atoms with van der Waals surface area (Å²) in [5.41, 5.74) is 7.20. The molecule has 0 unspecified atom stereocenters. The lowest BCUT2D eigenvalue weighted by atomic mass is 10.1. The second-order valence-electron chi connectivity index (χ2n) is 4.52. The number of hydrogen-bond donors (Lipinski definition) is 3. The molecule has 0 atom stereocenters. The monoisotopic (exact) mass is 289 g/mol. The van der Waals surface area contributed by atoms with Crippen molar-refractivity contribution >= 4 is 5.84 Å². The van der Waals surface area contributed by atoms with Crippen molar-refractivity contribution in [3.8, 4) is 5.75 Å². The molecule has 4 N–H and O–H groups in total. The van der Waals surface area contributed by atoms with Gasteiger partial charge in [-0.05, 0) is 30.3 Å². The Morgan fingerprint density at radius 1 is 1.43 bits per heavy atom. The molecule has 0 bridgehead atoms. The normalized spacial score (nSPS) is 11.6. The van der Waals surface area contributed by atoms with Crippen LogP contribution in [0.2, 0.25) is 0 Å². The number of hydrogen-bond acceptors (Lipinski definition) is 5. The van der Waals surface area contributed by atoms with Crippen LogP contribution in [0.15, 0.2) is 46.2 Å². The molecule has 6 heteroatoms. The smallest absolute Gasteiger partial charge is 0.170 e. The highest BCUT2D eigenvalue weighted by Gasteiger charge is 2.07. The molecule has 0 radical (unpaired) electrons. The average Bonchev–Trinajstić information content (AvgIpc) is 3.04. The van der Waals surface area contributed by atoms with Gasteiger partial charge in [-0.1, -0.05) is 5.16 Å². The first-order valence-corrected chi connectivity index (χ1v) is 6.62. The Morgan fingerprint density at radius 2 is 2.29 bits per heavy atom. The average molecular weight is 289 g/mol. The second kappa shape index (κ2) is 7.35. The first-order chi connectivity index (χ1) is 10.2. The quantitative estimate of drug-likeness (QED) is 0.237. The molecule has 1 aromatic heterocycles. The SMILES string of the molecule is COc1ccc(/C(N)=N/O)cc1CNCCc1ccco1. The Labute approximate surface area is 123 Å². The number of rotatable bonds is 7. The van der Waals surface area contributed by atoms with Gasteiger partial charge in [-0.15, -0.1) is 0 Å². The number of nitrogens with one attached hydrogen (secondary N) is 1. The van der Waals surface area contributed by atoms with Crippen LogP contribution in [-0.2, 0) is 13.0 Å². The zero-order valence-electron chi connectivity index (χ0n) is 11.9. The number of amidine groups is 1. The van der Waals surface area contributed by atoms with Crippen LogP contribution in [0.4, 0.5) is 0 Å². The molecule has 6 nitrogen and oxygen atoms in total. The van der Waals surface area contributed by atoms with E-state index in [9.17, 15) is 0 Å². The fourth-order valence-electron chi connectivity index (χ4n) is 2.02. The number of oxime groups is 1. The lowest BCUT2D eigenvalue weighted by Crippen LogP contribution is -2.18. The maximum atomic E-state index is 8.73. The molecule has 0 aliphatic carbocycles. The molecule has 0 saturated heterocycles. The molecule has 0 aliphatic heterocycles. The van der Waals surface area contributed by atoms with Crippen molar-refractivity contribution in [3.05, 3.63) is 53.5 Å². The van der Waals surface area contributed by atoms with Gasteiger partial charge in [0, 0.05) is 30.6 Å². The first-order valence-electron chi connectivity index (χ1n) is 6.62. The van der Waals surface area contributed by atoms with Gasteiger partial charge < -0.3 is 25.4 Å². The fourth-order valence-corrected chi connectivity index (χ4v) is 2.02. The Morgan fingerprint density at radius 3 is 2.95 bits per heavy atom. The number of ether oxygens (including phenoxy) is 1. The summed E-state index contributed by atoms with van der Waals surface area (Å²) < 4.78 is 10.6. The van der Waals surface area contributed by atoms with E-state index in [0.29, 0.717) is 12.1 Å². The number of furan rings is 1. The Bertz CT molecular complexity index is 594. The minimum Gasteiger partial charge on any atom is -0.496 e. The van der Waals surface area contributed by atoms with Crippen LogP contribution in [0.25, 0.3) is 0 Å². The van der Waals surface area contributed by atoms with Gasteiger partial charge >= 0.3 is 0 Å². The van der Waals surface area contributed by atoms with Crippen molar-refractivity contribution in [2.24, 2.45) is 10.9 Å². The van der Waals surface area contributed by atoms with Gasteiger partial charge in [-0.3, -0.25) is 0 Å². The molecule has 2 aromatic rings. The molecule has 112 valence electrons. The van der Waals surface area contributed by atoms with Crippen molar-refractivity contribution in [1.82, 2.24) is 5.32 Å². The zero-order chi connectivity index (χ0) is 15.1. The van der Waals surface area contributed by atoms with Gasteiger partial charge in [0.2, 0.25) is 0 Å². The van der Waals surface area contributed by atoms with Crippen LogP contribution < -0.4 is 15.8 Å². The van der Waals surface area contributed by atoms with Crippen LogP contribution in [0.1, 0.15) is 16.9 Å². The first kappa shape index (κ1) is 14.9. The van der Waals surface area contributed by atoms with Crippen LogP contribution in [-0.4, -0.2) is 24.7 Å². The summed E-state index contributed by atoms with van der Waals surface area (Å²) in [6, 6.07) is 9.21. The largest absolute Gasteiger partial charge is 0.496 e. The summed E-state index contributed by atoms with van der Waals surface area (Å²) in [6.45, 7) is 1.40. The van der Waals surface area contributed by atoms with E-state index >= 15 is 0 Å². The number of nitrogens with zero attached hydrogens (tertiary/aromatic N) is 1. The highest BCUT2D eigenvalue weighted by Crippen LogP contribution is 2.19. The van der Waals surface area contributed by atoms with Crippen LogP contribution in [0.3, 0.4) is 0 Å². The molecule has 0 aliphatic rings. The topological polar surface area (TPSA) is 93.0 Å². The molecular weight excluding hydrogens is 270 g/mol. The lowest BCUT2D eigenvalue weighted by molar-refractivity contribution is 0.318. The second-order valence-corrected chi connectivity index (χ2v) is 4.52. The van der Waals surface area contributed by atoms with Crippen LogP contribution in [0, 0.1) is 0 Å². The van der Waals surface area contributed by atoms with E-state index in [4.69, 9.17) is 20.1 Å². The minimum absolute atomic E-state index is 0.0782. The van der Waals surface area contributed by atoms with Crippen molar-refractivity contribution in [2.75, 3.05) is 13.7 Å². The lowest BCUT2D eigenvalue weighted by Gasteiger charge is -2.11. The highest BCUT2D eigenvalue weighted by atomic mass is 16.5. The number of benzene rings is 1. The third-order valence-corrected chi connectivity index (χ3v) is 3.13. The van der Waals surface area contributed by atoms with Gasteiger partial charge in [-0.25, -0.2) is 0 Å². The van der Waals surface area contributed by atoms with Crippen molar-refractivity contribution in [1.29, 1.82) is 0 Å². The predicted molar refractivity (Wildman–Crippen MR) is 79.6 cm³/mol. The summed E-state index contributed by atoms with van der Waals surface area (Å²) in [5, 5.41) is 15.1. The standard InChI is InChI=1S/C15H19N3O3/c1-20-14-5-4-11(15(16)18-19)9-12(14)10-17-7-6-13-3-2-8-21-13/h2-5,8-9,17,19H,6-7,10H2,1H3,(H2,16,18). The minimum atomic E-state index is 0.0782. The molecule has 1 heterocycles. The zero-order valence-corrected chi connectivity index (χ0v) is 11.9. The summed E-state index contributed by atoms with van der Waals surface area (Å²) in [5.74, 6) is 1.78. The van der Waals surface area contributed by atoms with Gasteiger partial charge in [0.25, 0.3) is 0 Å². The molecule has 1 aromatic carbocycles. The molecule has 0 fully saturated rings. The molecule has 2 rings (SSSR count). The third kappa shape index (κ3) is 4.00. The Kier molecular flexibility index (Phi) is 5.22. The summed E-state index contributed by atoms with van der Waals surface area (Å²) in [7, 11) is 1.62. The Balaban J connectivity index is 1.97. The van der Waals surface area contributed by atoms with E-state index in [1.807, 2.05) is 18.2 Å². The summed E-state index contributed by atoms with van der Waals surface area (Å²) >= 11 is 0. The van der Waals surface area contributed by atoms with Crippen molar-refractivity contribution in [3.63, 3.8) is 0 Å². The van der Waals surface area contributed by atoms with Crippen LogP contribution >= 0.6 is 0 Å². The predicted octanol–water partition coefficient (Wildman–Crippen LogP) is 1.71. The maximum Gasteiger partial charge on any atom is 0.170 e. The van der Waals surface area contributed by atoms with E-state index in [0.717, 1.165) is 30.0 Å². The van der Waals surface area contributed by atoms with Gasteiger partial charge in [0.05, 0.1) is 13.4 Å². The summed E-state index contributed by atoms with van der Waals surface area (Å²) in [4.78, 5) is 0. The van der Waals surface area contributed by atoms with E-state index in [1.165, 1.54) is 0 Å². The third-order valence-electron chi connectivity index (χ3n) is 3.13. The molecule has 0 saturated carbocycles. The van der Waals surface area contributed by atoms with Gasteiger partial charge in [0.15, 0.2) is 5.84 Å². The molecule has 0 amide bonds. The van der Waals surface area contributed by atoms with Crippen LogP contribution in [0.5, 0.6) is 5.75 Å². The molecular formula is C15H19N3O3. The van der Waals surface area contributed by atoms with Gasteiger partial charge in [0.1, 0.15) is 11.5 Å². The molecule has 21 heavy (non-hydrogen) atoms. The van der Waals surface area contributed by atoms with E-state index < -0.39 is 0 Å². The van der Waals surface area contributed by atoms with Gasteiger partial charge in [-0.2, -0.15) is 0 Å². The van der Waals surface area contributed by atoms with E-state index in [2.05, 4.69) is 10.5 Å². The molecule has 0 spiro atoms. The number of nitrogens with two attached hydrogens (primary N) is 1. The Hall–Kier alpha value is -2.47.